The maximum absolute atomic E-state index is 13.5. The summed E-state index contributed by atoms with van der Waals surface area (Å²) in [5, 5.41) is 3.83. The molecule has 5 rings (SSSR count). The van der Waals surface area contributed by atoms with E-state index in [0.717, 1.165) is 16.9 Å². The van der Waals surface area contributed by atoms with Crippen molar-refractivity contribution in [2.45, 2.75) is 70.2 Å². The molecule has 3 aliphatic rings. The van der Waals surface area contributed by atoms with Gasteiger partial charge >= 0.3 is 0 Å². The molecule has 1 fully saturated rings. The van der Waals surface area contributed by atoms with Gasteiger partial charge in [0.05, 0.1) is 24.0 Å². The molecule has 1 aromatic heterocycles. The molecule has 0 radical (unpaired) electrons. The Morgan fingerprint density at radius 3 is 2.75 bits per heavy atom. The fourth-order valence-electron chi connectivity index (χ4n) is 5.52. The molecule has 1 aromatic carbocycles. The smallest absolute Gasteiger partial charge is 0.232 e. The predicted octanol–water partition coefficient (Wildman–Crippen LogP) is 4.16. The number of hydrogen-bond donors (Lipinski definition) is 2. The Bertz CT molecular complexity index is 1230. The number of aliphatic imine (C=N–C) groups is 1. The Labute approximate surface area is 216 Å². The molecule has 2 aliphatic heterocycles. The summed E-state index contributed by atoms with van der Waals surface area (Å²) in [6.07, 6.45) is 4.93. The third kappa shape index (κ3) is 4.78. The quantitative estimate of drug-likeness (QED) is 0.629. The number of carbonyl (C=O) groups excluding carboxylic acids is 2. The third-order valence-electron chi connectivity index (χ3n) is 7.15. The first kappa shape index (κ1) is 24.6. The number of halogens is 1. The lowest BCUT2D eigenvalue weighted by Gasteiger charge is -2.38. The lowest BCUT2D eigenvalue weighted by molar-refractivity contribution is -0.132. The van der Waals surface area contributed by atoms with Crippen molar-refractivity contribution in [3.8, 4) is 5.75 Å². The molecule has 1 saturated carbocycles. The summed E-state index contributed by atoms with van der Waals surface area (Å²) in [6.45, 7) is 7.79. The van der Waals surface area contributed by atoms with Crippen molar-refractivity contribution in [3.05, 3.63) is 58.9 Å². The van der Waals surface area contributed by atoms with Crippen molar-refractivity contribution in [1.82, 2.24) is 15.2 Å². The number of ether oxygens (including phenoxy) is 1. The van der Waals surface area contributed by atoms with Gasteiger partial charge < -0.3 is 15.8 Å². The van der Waals surface area contributed by atoms with Crippen molar-refractivity contribution in [1.29, 1.82) is 0 Å². The van der Waals surface area contributed by atoms with Crippen LogP contribution in [0.25, 0.3) is 0 Å². The largest absolute Gasteiger partial charge is 0.487 e. The van der Waals surface area contributed by atoms with E-state index in [1.807, 2.05) is 52.0 Å². The van der Waals surface area contributed by atoms with Crippen LogP contribution in [0.15, 0.2) is 47.7 Å². The first-order valence-corrected chi connectivity index (χ1v) is 12.7. The second-order valence-corrected chi connectivity index (χ2v) is 11.7. The molecule has 36 heavy (non-hydrogen) atoms. The second kappa shape index (κ2) is 8.76. The van der Waals surface area contributed by atoms with E-state index in [9.17, 15) is 9.59 Å². The molecule has 0 spiro atoms. The van der Waals surface area contributed by atoms with Crippen LogP contribution in [0, 0.1) is 11.8 Å². The molecule has 1 unspecified atom stereocenters. The molecule has 190 valence electrons. The van der Waals surface area contributed by atoms with Crippen LogP contribution in [0.5, 0.6) is 5.75 Å². The first-order valence-electron chi connectivity index (χ1n) is 12.3. The Morgan fingerprint density at radius 1 is 1.28 bits per heavy atom. The molecule has 2 aromatic rings. The SMILES string of the molecule is CC1(C)CC(=O)N([C@H](c2cccnc2)C2C[C@H]2C(=O)N[C@H]2CC(C)(C)Oc3ccc(Cl)cc32)C(N)=N1. The number of nitrogens with two attached hydrogens (primary N) is 1. The third-order valence-corrected chi connectivity index (χ3v) is 7.38. The number of nitrogens with zero attached hydrogens (tertiary/aromatic N) is 3. The highest BCUT2D eigenvalue weighted by atomic mass is 35.5. The summed E-state index contributed by atoms with van der Waals surface area (Å²) < 4.78 is 6.11. The Hall–Kier alpha value is -3.13. The second-order valence-electron chi connectivity index (χ2n) is 11.3. The van der Waals surface area contributed by atoms with E-state index in [4.69, 9.17) is 22.1 Å². The molecule has 4 atom stereocenters. The van der Waals surface area contributed by atoms with Crippen LogP contribution in [0.3, 0.4) is 0 Å². The van der Waals surface area contributed by atoms with Gasteiger partial charge in [0.2, 0.25) is 11.8 Å². The fraction of sp³-hybridized carbons (Fsp3) is 0.481. The molecule has 2 amide bonds. The number of pyridine rings is 1. The number of fused-ring (bicyclic) bond motifs is 1. The minimum atomic E-state index is -0.554. The lowest BCUT2D eigenvalue weighted by Crippen LogP contribution is -2.52. The van der Waals surface area contributed by atoms with E-state index in [1.165, 1.54) is 0 Å². The maximum Gasteiger partial charge on any atom is 0.232 e. The van der Waals surface area contributed by atoms with E-state index < -0.39 is 17.2 Å². The number of rotatable bonds is 5. The molecule has 3 heterocycles. The van der Waals surface area contributed by atoms with Gasteiger partial charge in [-0.15, -0.1) is 0 Å². The van der Waals surface area contributed by atoms with Crippen LogP contribution in [-0.4, -0.2) is 38.8 Å². The number of hydrogen-bond acceptors (Lipinski definition) is 6. The number of aromatic nitrogens is 1. The summed E-state index contributed by atoms with van der Waals surface area (Å²) in [7, 11) is 0. The predicted molar refractivity (Wildman–Crippen MR) is 137 cm³/mol. The molecule has 1 aliphatic carbocycles. The number of guanidine groups is 1. The van der Waals surface area contributed by atoms with Gasteiger partial charge in [0.25, 0.3) is 0 Å². The maximum atomic E-state index is 13.5. The highest BCUT2D eigenvalue weighted by Gasteiger charge is 2.53. The Balaban J connectivity index is 1.40. The number of carbonyl (C=O) groups is 2. The molecule has 8 nitrogen and oxygen atoms in total. The molecular weight excluding hydrogens is 478 g/mol. The zero-order chi connectivity index (χ0) is 25.8. The van der Waals surface area contributed by atoms with Gasteiger partial charge in [-0.25, -0.2) is 4.99 Å². The van der Waals surface area contributed by atoms with E-state index in [1.54, 1.807) is 23.4 Å². The highest BCUT2D eigenvalue weighted by molar-refractivity contribution is 6.30. The summed E-state index contributed by atoms with van der Waals surface area (Å²) in [5.41, 5.74) is 7.06. The molecule has 9 heteroatoms. The van der Waals surface area contributed by atoms with E-state index in [0.29, 0.717) is 17.9 Å². The molecule has 0 saturated heterocycles. The standard InChI is InChI=1S/C27H32ClN5O3/c1-26(2)13-22(34)33(25(29)32-26)23(15-6-5-9-30-14-15)17-11-18(17)24(35)31-20-12-27(3,4)36-21-8-7-16(28)10-19(20)21/h5-10,14,17-18,20,23H,11-13H2,1-4H3,(H2,29,32)(H,31,35)/t17?,18-,20+,23-/m1/s1. The zero-order valence-corrected chi connectivity index (χ0v) is 21.7. The van der Waals surface area contributed by atoms with Crippen molar-refractivity contribution in [2.75, 3.05) is 0 Å². The van der Waals surface area contributed by atoms with E-state index in [2.05, 4.69) is 15.3 Å². The van der Waals surface area contributed by atoms with Gasteiger partial charge in [0, 0.05) is 35.3 Å². The average molecular weight is 510 g/mol. The van der Waals surface area contributed by atoms with E-state index >= 15 is 0 Å². The van der Waals surface area contributed by atoms with Gasteiger partial charge in [-0.2, -0.15) is 0 Å². The van der Waals surface area contributed by atoms with Gasteiger partial charge in [0.1, 0.15) is 11.4 Å². The summed E-state index contributed by atoms with van der Waals surface area (Å²) in [4.78, 5) is 37.1. The van der Waals surface area contributed by atoms with Gasteiger partial charge in [-0.3, -0.25) is 19.5 Å². The van der Waals surface area contributed by atoms with Crippen LogP contribution >= 0.6 is 11.6 Å². The van der Waals surface area contributed by atoms with Crippen molar-refractivity contribution >= 4 is 29.4 Å². The van der Waals surface area contributed by atoms with Crippen molar-refractivity contribution in [2.24, 2.45) is 22.6 Å². The number of amides is 2. The summed E-state index contributed by atoms with van der Waals surface area (Å²) in [5.74, 6) is 0.405. The van der Waals surface area contributed by atoms with Crippen LogP contribution in [-0.2, 0) is 9.59 Å². The normalized spacial score (nSPS) is 26.8. The summed E-state index contributed by atoms with van der Waals surface area (Å²) >= 11 is 6.26. The van der Waals surface area contributed by atoms with Gasteiger partial charge in [-0.05, 0) is 69.9 Å². The van der Waals surface area contributed by atoms with Crippen LogP contribution in [0.4, 0.5) is 0 Å². The molecule has 3 N–H and O–H groups in total. The van der Waals surface area contributed by atoms with Crippen LogP contribution in [0.2, 0.25) is 5.02 Å². The van der Waals surface area contributed by atoms with Crippen LogP contribution in [0.1, 0.15) is 70.2 Å². The number of nitrogens with one attached hydrogen (secondary N) is 1. The van der Waals surface area contributed by atoms with Crippen LogP contribution < -0.4 is 15.8 Å². The number of benzene rings is 1. The molecular formula is C27H32ClN5O3. The average Bonchev–Trinajstić information content (AvgIpc) is 3.56. The minimum Gasteiger partial charge on any atom is -0.487 e. The first-order chi connectivity index (χ1) is 16.9. The topological polar surface area (TPSA) is 110 Å². The fourth-order valence-corrected chi connectivity index (χ4v) is 5.70. The Kier molecular flexibility index (Phi) is 5.98. The van der Waals surface area contributed by atoms with Gasteiger partial charge in [0.15, 0.2) is 5.96 Å². The molecule has 0 bridgehead atoms. The minimum absolute atomic E-state index is 0.0529. The summed E-state index contributed by atoms with van der Waals surface area (Å²) in [6, 6.07) is 8.61. The van der Waals surface area contributed by atoms with E-state index in [-0.39, 0.29) is 42.1 Å². The van der Waals surface area contributed by atoms with Gasteiger partial charge in [-0.1, -0.05) is 17.7 Å². The Morgan fingerprint density at radius 2 is 2.06 bits per heavy atom. The van der Waals surface area contributed by atoms with Crippen molar-refractivity contribution in [3.63, 3.8) is 0 Å². The highest BCUT2D eigenvalue weighted by Crippen LogP contribution is 2.51. The van der Waals surface area contributed by atoms with Crippen molar-refractivity contribution < 1.29 is 14.3 Å². The zero-order valence-electron chi connectivity index (χ0n) is 21.0. The lowest BCUT2D eigenvalue weighted by atomic mass is 9.89. The monoisotopic (exact) mass is 509 g/mol.